The van der Waals surface area contributed by atoms with E-state index in [2.05, 4.69) is 6.92 Å². The van der Waals surface area contributed by atoms with Crippen LogP contribution in [0, 0.1) is 17.6 Å². The topological polar surface area (TPSA) is 29.3 Å². The van der Waals surface area contributed by atoms with Crippen LogP contribution in [0.25, 0.3) is 0 Å². The average molecular weight is 274 g/mol. The van der Waals surface area contributed by atoms with Crippen molar-refractivity contribution in [1.82, 2.24) is 0 Å². The van der Waals surface area contributed by atoms with Gasteiger partial charge in [0.25, 0.3) is 0 Å². The van der Waals surface area contributed by atoms with E-state index in [1.165, 1.54) is 12.1 Å². The Labute approximate surface area is 116 Å². The van der Waals surface area contributed by atoms with Crippen LogP contribution in [0.3, 0.4) is 0 Å². The molecule has 20 heavy (non-hydrogen) atoms. The highest BCUT2D eigenvalue weighted by molar-refractivity contribution is 5.70. The molecule has 0 radical (unpaired) electrons. The highest BCUT2D eigenvalue weighted by Crippen LogP contribution is 2.38. The first-order valence-electron chi connectivity index (χ1n) is 6.66. The number of para-hydroxylation sites is 1. The maximum absolute atomic E-state index is 14.2. The van der Waals surface area contributed by atoms with Gasteiger partial charge in [0.15, 0.2) is 11.6 Å². The Kier molecular flexibility index (Phi) is 3.08. The van der Waals surface area contributed by atoms with Crippen molar-refractivity contribution in [2.75, 3.05) is 17.2 Å². The van der Waals surface area contributed by atoms with Crippen LogP contribution in [-0.2, 0) is 6.42 Å². The molecule has 2 aromatic rings. The van der Waals surface area contributed by atoms with E-state index in [-0.39, 0.29) is 11.4 Å². The van der Waals surface area contributed by atoms with Gasteiger partial charge in [-0.25, -0.2) is 8.78 Å². The maximum Gasteiger partial charge on any atom is 0.151 e. The Balaban J connectivity index is 2.16. The highest BCUT2D eigenvalue weighted by Gasteiger charge is 2.26. The van der Waals surface area contributed by atoms with Gasteiger partial charge in [0, 0.05) is 17.9 Å². The number of hydrogen-bond donors (Lipinski definition) is 1. The maximum atomic E-state index is 14.2. The molecule has 0 spiro atoms. The van der Waals surface area contributed by atoms with Crippen molar-refractivity contribution in [2.45, 2.75) is 13.3 Å². The fourth-order valence-electron chi connectivity index (χ4n) is 2.85. The molecule has 1 unspecified atom stereocenters. The Bertz CT molecular complexity index is 632. The summed E-state index contributed by atoms with van der Waals surface area (Å²) in [6.07, 6.45) is 0.922. The molecule has 3 rings (SSSR count). The van der Waals surface area contributed by atoms with E-state index in [9.17, 15) is 8.78 Å². The Morgan fingerprint density at radius 1 is 1.15 bits per heavy atom. The summed E-state index contributed by atoms with van der Waals surface area (Å²) in [7, 11) is 0. The SMILES string of the molecule is CC1Cc2ccccc2N(c2c(F)cc(N)cc2F)C1. The summed E-state index contributed by atoms with van der Waals surface area (Å²) < 4.78 is 28.3. The molecule has 0 amide bonds. The summed E-state index contributed by atoms with van der Waals surface area (Å²) in [5.41, 5.74) is 7.55. The molecule has 0 aromatic heterocycles. The first-order valence-corrected chi connectivity index (χ1v) is 6.66. The van der Waals surface area contributed by atoms with Crippen LogP contribution in [0.4, 0.5) is 25.8 Å². The second kappa shape index (κ2) is 4.78. The lowest BCUT2D eigenvalue weighted by Gasteiger charge is -2.35. The predicted octanol–water partition coefficient (Wildman–Crippen LogP) is 3.88. The minimum absolute atomic E-state index is 0.0156. The number of halogens is 2. The molecule has 2 N–H and O–H groups in total. The van der Waals surface area contributed by atoms with Gasteiger partial charge in [-0.05, 0) is 36.1 Å². The van der Waals surface area contributed by atoms with Crippen molar-refractivity contribution in [3.8, 4) is 0 Å². The Morgan fingerprint density at radius 3 is 2.50 bits per heavy atom. The minimum atomic E-state index is -0.619. The molecular weight excluding hydrogens is 258 g/mol. The van der Waals surface area contributed by atoms with Crippen molar-refractivity contribution in [3.05, 3.63) is 53.6 Å². The summed E-state index contributed by atoms with van der Waals surface area (Å²) in [5, 5.41) is 0. The molecule has 0 bridgehead atoms. The average Bonchev–Trinajstić information content (AvgIpc) is 2.37. The number of benzene rings is 2. The minimum Gasteiger partial charge on any atom is -0.399 e. The van der Waals surface area contributed by atoms with Gasteiger partial charge in [-0.15, -0.1) is 0 Å². The molecule has 2 aromatic carbocycles. The normalized spacial score (nSPS) is 17.9. The van der Waals surface area contributed by atoms with Crippen LogP contribution in [-0.4, -0.2) is 6.54 Å². The number of hydrogen-bond acceptors (Lipinski definition) is 2. The quantitative estimate of drug-likeness (QED) is 0.800. The van der Waals surface area contributed by atoms with Crippen LogP contribution < -0.4 is 10.6 Å². The third-order valence-corrected chi connectivity index (χ3v) is 3.65. The zero-order valence-corrected chi connectivity index (χ0v) is 11.2. The lowest BCUT2D eigenvalue weighted by Crippen LogP contribution is -2.31. The Hall–Kier alpha value is -2.10. The standard InChI is InChI=1S/C16H16F2N2/c1-10-6-11-4-2-3-5-15(11)20(9-10)16-13(17)7-12(19)8-14(16)18/h2-5,7-8,10H,6,9,19H2,1H3. The number of nitrogens with zero attached hydrogens (tertiary/aromatic N) is 1. The summed E-state index contributed by atoms with van der Waals surface area (Å²) in [6, 6.07) is 10.1. The van der Waals surface area contributed by atoms with E-state index < -0.39 is 11.6 Å². The van der Waals surface area contributed by atoms with Crippen molar-refractivity contribution in [1.29, 1.82) is 0 Å². The van der Waals surface area contributed by atoms with Gasteiger partial charge in [-0.3, -0.25) is 0 Å². The smallest absolute Gasteiger partial charge is 0.151 e. The second-order valence-corrected chi connectivity index (χ2v) is 5.38. The van der Waals surface area contributed by atoms with Crippen molar-refractivity contribution in [3.63, 3.8) is 0 Å². The van der Waals surface area contributed by atoms with Crippen LogP contribution in [0.2, 0.25) is 0 Å². The fraction of sp³-hybridized carbons (Fsp3) is 0.250. The summed E-state index contributed by atoms with van der Waals surface area (Å²) >= 11 is 0. The van der Waals surface area contributed by atoms with Gasteiger partial charge in [-0.2, -0.15) is 0 Å². The molecule has 0 fully saturated rings. The number of nitrogen functional groups attached to an aromatic ring is 1. The zero-order valence-electron chi connectivity index (χ0n) is 11.2. The molecule has 1 heterocycles. The lowest BCUT2D eigenvalue weighted by atomic mass is 9.93. The van der Waals surface area contributed by atoms with Crippen molar-refractivity contribution in [2.24, 2.45) is 5.92 Å². The van der Waals surface area contributed by atoms with Gasteiger partial charge in [0.05, 0.1) is 0 Å². The molecule has 1 aliphatic heterocycles. The van der Waals surface area contributed by atoms with Crippen LogP contribution >= 0.6 is 0 Å². The van der Waals surface area contributed by atoms with E-state index in [1.807, 2.05) is 24.3 Å². The monoisotopic (exact) mass is 274 g/mol. The van der Waals surface area contributed by atoms with Crippen molar-refractivity contribution >= 4 is 17.1 Å². The molecule has 104 valence electrons. The largest absolute Gasteiger partial charge is 0.399 e. The molecule has 1 aliphatic rings. The molecule has 4 heteroatoms. The molecular formula is C16H16F2N2. The van der Waals surface area contributed by atoms with Gasteiger partial charge < -0.3 is 10.6 Å². The first-order chi connectivity index (χ1) is 9.56. The third kappa shape index (κ3) is 2.11. The predicted molar refractivity (Wildman–Crippen MR) is 77.1 cm³/mol. The van der Waals surface area contributed by atoms with Crippen LogP contribution in [0.15, 0.2) is 36.4 Å². The highest BCUT2D eigenvalue weighted by atomic mass is 19.1. The van der Waals surface area contributed by atoms with E-state index >= 15 is 0 Å². The summed E-state index contributed by atoms with van der Waals surface area (Å²) in [5.74, 6) is -0.904. The van der Waals surface area contributed by atoms with Gasteiger partial charge in [0.1, 0.15) is 5.69 Å². The molecule has 2 nitrogen and oxygen atoms in total. The van der Waals surface area contributed by atoms with E-state index in [1.54, 1.807) is 4.90 Å². The van der Waals surface area contributed by atoms with Crippen LogP contribution in [0.5, 0.6) is 0 Å². The number of fused-ring (bicyclic) bond motifs is 1. The molecule has 1 atom stereocenters. The summed E-state index contributed by atoms with van der Waals surface area (Å²) in [6.45, 7) is 2.67. The summed E-state index contributed by atoms with van der Waals surface area (Å²) in [4.78, 5) is 1.72. The zero-order chi connectivity index (χ0) is 14.3. The lowest BCUT2D eigenvalue weighted by molar-refractivity contribution is 0.535. The number of anilines is 3. The fourth-order valence-corrected chi connectivity index (χ4v) is 2.85. The second-order valence-electron chi connectivity index (χ2n) is 5.38. The van der Waals surface area contributed by atoms with Crippen LogP contribution in [0.1, 0.15) is 12.5 Å². The third-order valence-electron chi connectivity index (χ3n) is 3.65. The first kappa shape index (κ1) is 12.9. The van der Waals surface area contributed by atoms with E-state index in [4.69, 9.17) is 5.73 Å². The van der Waals surface area contributed by atoms with Gasteiger partial charge in [0.2, 0.25) is 0 Å². The molecule has 0 aliphatic carbocycles. The van der Waals surface area contributed by atoms with Gasteiger partial charge in [-0.1, -0.05) is 25.1 Å². The molecule has 0 saturated carbocycles. The number of nitrogens with two attached hydrogens (primary N) is 1. The Morgan fingerprint density at radius 2 is 1.80 bits per heavy atom. The van der Waals surface area contributed by atoms with E-state index in [0.717, 1.165) is 17.7 Å². The van der Waals surface area contributed by atoms with E-state index in [0.29, 0.717) is 12.5 Å². The number of rotatable bonds is 1. The molecule has 0 saturated heterocycles. The van der Waals surface area contributed by atoms with Crippen molar-refractivity contribution < 1.29 is 8.78 Å². The van der Waals surface area contributed by atoms with Gasteiger partial charge >= 0.3 is 0 Å².